The first-order valence-corrected chi connectivity index (χ1v) is 11.5. The zero-order chi connectivity index (χ0) is 25.1. The molecule has 0 amide bonds. The molecule has 8 heteroatoms. The van der Waals surface area contributed by atoms with E-state index in [0.29, 0.717) is 0 Å². The minimum Gasteiger partial charge on any atom is -0.465 e. The molecular formula is C26H32O8. The van der Waals surface area contributed by atoms with Gasteiger partial charge in [0, 0.05) is 0 Å². The van der Waals surface area contributed by atoms with Crippen LogP contribution in [0.5, 0.6) is 0 Å². The number of hydrogen-bond acceptors (Lipinski definition) is 8. The molecule has 0 aromatic heterocycles. The van der Waals surface area contributed by atoms with Crippen LogP contribution in [0.3, 0.4) is 0 Å². The van der Waals surface area contributed by atoms with Crippen LogP contribution < -0.4 is 0 Å². The van der Waals surface area contributed by atoms with Crippen LogP contribution in [-0.2, 0) is 51.0 Å². The van der Waals surface area contributed by atoms with E-state index in [1.807, 2.05) is 24.3 Å². The molecule has 34 heavy (non-hydrogen) atoms. The maximum atomic E-state index is 12.5. The molecule has 0 bridgehead atoms. The Morgan fingerprint density at radius 3 is 1.12 bits per heavy atom. The van der Waals surface area contributed by atoms with Crippen LogP contribution in [0.25, 0.3) is 10.8 Å². The van der Waals surface area contributed by atoms with E-state index in [1.165, 1.54) is 0 Å². The van der Waals surface area contributed by atoms with Crippen LogP contribution in [0.4, 0.5) is 0 Å². The first-order chi connectivity index (χ1) is 16.4. The van der Waals surface area contributed by atoms with Crippen LogP contribution in [0.1, 0.15) is 38.8 Å². The molecule has 0 heterocycles. The first kappa shape index (κ1) is 26.8. The van der Waals surface area contributed by atoms with Crippen LogP contribution in [-0.4, -0.2) is 50.3 Å². The van der Waals surface area contributed by atoms with Crippen molar-refractivity contribution in [2.75, 3.05) is 26.4 Å². The standard InChI is InChI=1S/C26H32O8/c1-5-31-23(27)21(24(28)32-6-2)15-17-13-14-18(20-12-10-9-11-19(17)20)16-22(25(29)33-7-3)26(30)34-8-4/h9-14,21-22H,5-8,15-16H2,1-4H3. The van der Waals surface area contributed by atoms with Crippen molar-refractivity contribution in [2.24, 2.45) is 11.8 Å². The Morgan fingerprint density at radius 1 is 0.559 bits per heavy atom. The van der Waals surface area contributed by atoms with E-state index in [1.54, 1.807) is 39.8 Å². The summed E-state index contributed by atoms with van der Waals surface area (Å²) < 4.78 is 20.4. The first-order valence-electron chi connectivity index (χ1n) is 11.5. The Balaban J connectivity index is 2.45. The number of hydrogen-bond donors (Lipinski definition) is 0. The van der Waals surface area contributed by atoms with Crippen molar-refractivity contribution in [3.63, 3.8) is 0 Å². The normalized spacial score (nSPS) is 10.9. The fourth-order valence-electron chi connectivity index (χ4n) is 3.72. The maximum absolute atomic E-state index is 12.5. The van der Waals surface area contributed by atoms with E-state index < -0.39 is 35.7 Å². The van der Waals surface area contributed by atoms with Gasteiger partial charge in [-0.15, -0.1) is 0 Å². The smallest absolute Gasteiger partial charge is 0.320 e. The Hall–Kier alpha value is -3.42. The van der Waals surface area contributed by atoms with Gasteiger partial charge in [-0.3, -0.25) is 19.2 Å². The summed E-state index contributed by atoms with van der Waals surface area (Å²) in [5, 5.41) is 1.59. The Kier molecular flexibility index (Phi) is 10.5. The molecule has 0 N–H and O–H groups in total. The summed E-state index contributed by atoms with van der Waals surface area (Å²) >= 11 is 0. The van der Waals surface area contributed by atoms with Gasteiger partial charge in [-0.05, 0) is 62.4 Å². The third kappa shape index (κ3) is 6.79. The molecule has 0 aliphatic heterocycles. The van der Waals surface area contributed by atoms with E-state index in [4.69, 9.17) is 18.9 Å². The molecule has 2 rings (SSSR count). The van der Waals surface area contributed by atoms with Crippen molar-refractivity contribution in [2.45, 2.75) is 40.5 Å². The molecule has 0 saturated carbocycles. The van der Waals surface area contributed by atoms with E-state index in [2.05, 4.69) is 0 Å². The fourth-order valence-corrected chi connectivity index (χ4v) is 3.72. The van der Waals surface area contributed by atoms with Crippen molar-refractivity contribution < 1.29 is 38.1 Å². The van der Waals surface area contributed by atoms with Crippen molar-refractivity contribution in [1.82, 2.24) is 0 Å². The van der Waals surface area contributed by atoms with Gasteiger partial charge in [-0.2, -0.15) is 0 Å². The van der Waals surface area contributed by atoms with Crippen molar-refractivity contribution in [3.8, 4) is 0 Å². The third-order valence-corrected chi connectivity index (χ3v) is 5.24. The second-order valence-corrected chi connectivity index (χ2v) is 7.45. The van der Waals surface area contributed by atoms with Crippen LogP contribution in [0, 0.1) is 11.8 Å². The number of benzene rings is 2. The number of carbonyl (C=O) groups is 4. The van der Waals surface area contributed by atoms with Crippen molar-refractivity contribution in [3.05, 3.63) is 47.5 Å². The summed E-state index contributed by atoms with van der Waals surface area (Å²) in [5.41, 5.74) is 1.49. The highest BCUT2D eigenvalue weighted by molar-refractivity contribution is 5.98. The highest BCUT2D eigenvalue weighted by atomic mass is 16.6. The molecule has 2 aromatic rings. The van der Waals surface area contributed by atoms with E-state index in [9.17, 15) is 19.2 Å². The Labute approximate surface area is 199 Å². The van der Waals surface area contributed by atoms with Gasteiger partial charge in [-0.25, -0.2) is 0 Å². The largest absolute Gasteiger partial charge is 0.465 e. The third-order valence-electron chi connectivity index (χ3n) is 5.24. The second kappa shape index (κ2) is 13.3. The van der Waals surface area contributed by atoms with E-state index in [-0.39, 0.29) is 39.3 Å². The minimum absolute atomic E-state index is 0.0949. The average molecular weight is 473 g/mol. The topological polar surface area (TPSA) is 105 Å². The predicted octanol–water partition coefficient (Wildman–Crippen LogP) is 3.41. The molecule has 8 nitrogen and oxygen atoms in total. The summed E-state index contributed by atoms with van der Waals surface area (Å²) in [7, 11) is 0. The molecule has 0 unspecified atom stereocenters. The summed E-state index contributed by atoms with van der Waals surface area (Å²) in [6, 6.07) is 11.0. The summed E-state index contributed by atoms with van der Waals surface area (Å²) in [5.74, 6) is -4.75. The Morgan fingerprint density at radius 2 is 0.853 bits per heavy atom. The van der Waals surface area contributed by atoms with Gasteiger partial charge in [-0.1, -0.05) is 36.4 Å². The van der Waals surface area contributed by atoms with Gasteiger partial charge in [0.2, 0.25) is 0 Å². The minimum atomic E-state index is -1.10. The van der Waals surface area contributed by atoms with Gasteiger partial charge in [0.05, 0.1) is 26.4 Å². The van der Waals surface area contributed by atoms with Crippen LogP contribution in [0.2, 0.25) is 0 Å². The van der Waals surface area contributed by atoms with Gasteiger partial charge >= 0.3 is 23.9 Å². The van der Waals surface area contributed by atoms with Crippen LogP contribution in [0.15, 0.2) is 36.4 Å². The highest BCUT2D eigenvalue weighted by Crippen LogP contribution is 2.28. The monoisotopic (exact) mass is 472 g/mol. The molecule has 0 aliphatic rings. The SMILES string of the molecule is CCOC(=O)C(Cc1ccc(CC(C(=O)OCC)C(=O)OCC)c2ccccc12)C(=O)OCC. The molecule has 0 aliphatic carbocycles. The quantitative estimate of drug-likeness (QED) is 0.263. The zero-order valence-electron chi connectivity index (χ0n) is 20.1. The molecule has 2 aromatic carbocycles. The lowest BCUT2D eigenvalue weighted by atomic mass is 9.89. The number of esters is 4. The number of carbonyl (C=O) groups excluding carboxylic acids is 4. The number of rotatable bonds is 12. The fraction of sp³-hybridized carbons (Fsp3) is 0.462. The van der Waals surface area contributed by atoms with E-state index in [0.717, 1.165) is 21.9 Å². The average Bonchev–Trinajstić information content (AvgIpc) is 2.82. The maximum Gasteiger partial charge on any atom is 0.320 e. The van der Waals surface area contributed by atoms with Gasteiger partial charge in [0.1, 0.15) is 0 Å². The molecular weight excluding hydrogens is 440 g/mol. The number of ether oxygens (including phenoxy) is 4. The van der Waals surface area contributed by atoms with Gasteiger partial charge < -0.3 is 18.9 Å². The lowest BCUT2D eigenvalue weighted by molar-refractivity contribution is -0.163. The van der Waals surface area contributed by atoms with Gasteiger partial charge in [0.15, 0.2) is 11.8 Å². The predicted molar refractivity (Wildman–Crippen MR) is 125 cm³/mol. The zero-order valence-corrected chi connectivity index (χ0v) is 20.1. The highest BCUT2D eigenvalue weighted by Gasteiger charge is 2.32. The molecule has 0 saturated heterocycles. The molecule has 0 spiro atoms. The van der Waals surface area contributed by atoms with Crippen LogP contribution >= 0.6 is 0 Å². The molecule has 0 atom stereocenters. The van der Waals surface area contributed by atoms with Crippen molar-refractivity contribution in [1.29, 1.82) is 0 Å². The summed E-state index contributed by atoms with van der Waals surface area (Å²) in [6.45, 7) is 7.30. The Bertz CT molecular complexity index is 897. The lowest BCUT2D eigenvalue weighted by Gasteiger charge is -2.18. The lowest BCUT2D eigenvalue weighted by Crippen LogP contribution is -2.30. The molecule has 0 fully saturated rings. The molecule has 184 valence electrons. The summed E-state index contributed by atoms with van der Waals surface area (Å²) in [6.07, 6.45) is 0.190. The van der Waals surface area contributed by atoms with Crippen molar-refractivity contribution >= 4 is 34.6 Å². The summed E-state index contributed by atoms with van der Waals surface area (Å²) in [4.78, 5) is 49.8. The molecule has 0 radical (unpaired) electrons. The second-order valence-electron chi connectivity index (χ2n) is 7.45. The van der Waals surface area contributed by atoms with Gasteiger partial charge in [0.25, 0.3) is 0 Å². The van der Waals surface area contributed by atoms with E-state index >= 15 is 0 Å². The number of fused-ring (bicyclic) bond motifs is 1.